The van der Waals surface area contributed by atoms with E-state index in [1.165, 1.54) is 10.4 Å². The fraction of sp³-hybridized carbons (Fsp3) is 0.286. The number of hydrogen-bond acceptors (Lipinski definition) is 8. The van der Waals surface area contributed by atoms with Crippen molar-refractivity contribution >= 4 is 40.0 Å². The summed E-state index contributed by atoms with van der Waals surface area (Å²) >= 11 is 0. The number of aromatic nitrogens is 5. The van der Waals surface area contributed by atoms with Gasteiger partial charge in [-0.05, 0) is 62.7 Å². The number of benzene rings is 2. The third kappa shape index (κ3) is 4.78. The van der Waals surface area contributed by atoms with Crippen molar-refractivity contribution < 1.29 is 14.3 Å². The van der Waals surface area contributed by atoms with E-state index in [1.807, 2.05) is 49.6 Å². The lowest BCUT2D eigenvalue weighted by Crippen LogP contribution is -2.36. The maximum atomic E-state index is 12.4. The van der Waals surface area contributed by atoms with Crippen LogP contribution in [0.15, 0.2) is 67.3 Å². The first-order valence-corrected chi connectivity index (χ1v) is 12.6. The minimum absolute atomic E-state index is 0.517. The average molecular weight is 512 g/mol. The predicted octanol–water partition coefficient (Wildman–Crippen LogP) is 5.11. The SMILES string of the molecule is CC(C)(C)OC(=O)n1cc(-c2ccc3nc(Nc4ccc(N5CCOCC5)cc4)c4nccn4c3c2)cn1. The summed E-state index contributed by atoms with van der Waals surface area (Å²) < 4.78 is 14.1. The van der Waals surface area contributed by atoms with Gasteiger partial charge < -0.3 is 19.7 Å². The molecule has 0 unspecified atom stereocenters. The van der Waals surface area contributed by atoms with Crippen molar-refractivity contribution in [3.8, 4) is 11.1 Å². The molecule has 0 saturated carbocycles. The molecule has 6 rings (SSSR count). The van der Waals surface area contributed by atoms with Gasteiger partial charge in [0.25, 0.3) is 0 Å². The lowest BCUT2D eigenvalue weighted by Gasteiger charge is -2.28. The summed E-state index contributed by atoms with van der Waals surface area (Å²) in [4.78, 5) is 24.1. The van der Waals surface area contributed by atoms with E-state index in [0.29, 0.717) is 5.82 Å². The molecule has 0 aliphatic carbocycles. The van der Waals surface area contributed by atoms with Crippen LogP contribution in [0, 0.1) is 0 Å². The molecular weight excluding hydrogens is 482 g/mol. The molecule has 1 aliphatic heterocycles. The van der Waals surface area contributed by atoms with Crippen LogP contribution in [0.3, 0.4) is 0 Å². The van der Waals surface area contributed by atoms with E-state index in [2.05, 4.69) is 44.6 Å². The Kier molecular flexibility index (Phi) is 5.96. The van der Waals surface area contributed by atoms with Crippen LogP contribution in [0.4, 0.5) is 22.0 Å². The van der Waals surface area contributed by atoms with Gasteiger partial charge in [0.1, 0.15) is 5.60 Å². The highest BCUT2D eigenvalue weighted by Gasteiger charge is 2.19. The predicted molar refractivity (Wildman–Crippen MR) is 146 cm³/mol. The third-order valence-electron chi connectivity index (χ3n) is 6.32. The van der Waals surface area contributed by atoms with E-state index in [9.17, 15) is 4.79 Å². The number of rotatable bonds is 4. The van der Waals surface area contributed by atoms with Crippen LogP contribution in [0.1, 0.15) is 20.8 Å². The summed E-state index contributed by atoms with van der Waals surface area (Å²) in [6, 6.07) is 14.3. The number of morpholine rings is 1. The molecule has 0 bridgehead atoms. The smallest absolute Gasteiger partial charge is 0.435 e. The molecular formula is C28H29N7O3. The van der Waals surface area contributed by atoms with Crippen LogP contribution in [0.5, 0.6) is 0 Å². The number of fused-ring (bicyclic) bond motifs is 3. The van der Waals surface area contributed by atoms with Crippen LogP contribution in [0.25, 0.3) is 27.8 Å². The minimum Gasteiger partial charge on any atom is -0.442 e. The van der Waals surface area contributed by atoms with Gasteiger partial charge in [-0.25, -0.2) is 14.8 Å². The molecule has 38 heavy (non-hydrogen) atoms. The van der Waals surface area contributed by atoms with Gasteiger partial charge in [0.2, 0.25) is 0 Å². The number of ether oxygens (including phenoxy) is 2. The fourth-order valence-corrected chi connectivity index (χ4v) is 4.51. The van der Waals surface area contributed by atoms with E-state index in [1.54, 1.807) is 18.6 Å². The summed E-state index contributed by atoms with van der Waals surface area (Å²) in [7, 11) is 0. The first-order chi connectivity index (χ1) is 18.3. The molecule has 0 radical (unpaired) electrons. The van der Waals surface area contributed by atoms with E-state index in [4.69, 9.17) is 14.5 Å². The van der Waals surface area contributed by atoms with Crippen LogP contribution in [-0.4, -0.2) is 62.1 Å². The molecule has 0 amide bonds. The normalized spacial score (nSPS) is 14.2. The van der Waals surface area contributed by atoms with E-state index in [-0.39, 0.29) is 0 Å². The molecule has 1 aliphatic rings. The molecule has 5 aromatic rings. The molecule has 1 fully saturated rings. The fourth-order valence-electron chi connectivity index (χ4n) is 4.51. The molecule has 194 valence electrons. The number of imidazole rings is 1. The number of carbonyl (C=O) groups is 1. The van der Waals surface area contributed by atoms with Crippen LogP contribution < -0.4 is 10.2 Å². The monoisotopic (exact) mass is 511 g/mol. The quantitative estimate of drug-likeness (QED) is 0.355. The number of nitrogens with one attached hydrogen (secondary N) is 1. The Morgan fingerprint density at radius 1 is 1.05 bits per heavy atom. The second kappa shape index (κ2) is 9.46. The standard InChI is InChI=1S/C28H29N7O3/c1-28(2,3)38-27(36)35-18-20(17-30-35)19-4-9-23-24(16-19)34-11-10-29-26(34)25(32-23)31-21-5-7-22(8-6-21)33-12-14-37-15-13-33/h4-11,16-18H,12-15H2,1-3H3,(H,31,32). The Balaban J connectivity index is 1.28. The third-order valence-corrected chi connectivity index (χ3v) is 6.32. The second-order valence-corrected chi connectivity index (χ2v) is 10.2. The zero-order valence-electron chi connectivity index (χ0n) is 21.6. The highest BCUT2D eigenvalue weighted by Crippen LogP contribution is 2.29. The number of anilines is 3. The van der Waals surface area contributed by atoms with Gasteiger partial charge in [-0.15, -0.1) is 0 Å². The Morgan fingerprint density at radius 3 is 2.61 bits per heavy atom. The van der Waals surface area contributed by atoms with E-state index >= 15 is 0 Å². The second-order valence-electron chi connectivity index (χ2n) is 10.2. The maximum absolute atomic E-state index is 12.4. The van der Waals surface area contributed by atoms with Crippen molar-refractivity contribution in [1.29, 1.82) is 0 Å². The Labute approximate surface area is 219 Å². The molecule has 0 spiro atoms. The van der Waals surface area contributed by atoms with Gasteiger partial charge >= 0.3 is 6.09 Å². The lowest BCUT2D eigenvalue weighted by molar-refractivity contribution is 0.0514. The van der Waals surface area contributed by atoms with Crippen molar-refractivity contribution in [2.75, 3.05) is 36.5 Å². The van der Waals surface area contributed by atoms with Crippen molar-refractivity contribution in [2.24, 2.45) is 0 Å². The van der Waals surface area contributed by atoms with E-state index < -0.39 is 11.7 Å². The highest BCUT2D eigenvalue weighted by atomic mass is 16.6. The van der Waals surface area contributed by atoms with Crippen LogP contribution >= 0.6 is 0 Å². The Morgan fingerprint density at radius 2 is 1.84 bits per heavy atom. The molecule has 4 heterocycles. The van der Waals surface area contributed by atoms with Gasteiger partial charge in [0.15, 0.2) is 11.5 Å². The van der Waals surface area contributed by atoms with E-state index in [0.717, 1.165) is 59.8 Å². The average Bonchev–Trinajstić information content (AvgIpc) is 3.60. The lowest BCUT2D eigenvalue weighted by atomic mass is 10.1. The van der Waals surface area contributed by atoms with Gasteiger partial charge in [-0.2, -0.15) is 9.78 Å². The maximum Gasteiger partial charge on any atom is 0.435 e. The van der Waals surface area contributed by atoms with Gasteiger partial charge in [-0.1, -0.05) is 6.07 Å². The molecule has 1 N–H and O–H groups in total. The summed E-state index contributed by atoms with van der Waals surface area (Å²) in [6.07, 6.45) is 6.48. The largest absolute Gasteiger partial charge is 0.442 e. The molecule has 0 atom stereocenters. The highest BCUT2D eigenvalue weighted by molar-refractivity contribution is 5.88. The zero-order chi connectivity index (χ0) is 26.3. The summed E-state index contributed by atoms with van der Waals surface area (Å²) in [5, 5.41) is 7.63. The summed E-state index contributed by atoms with van der Waals surface area (Å²) in [5.41, 5.74) is 5.65. The van der Waals surface area contributed by atoms with Crippen LogP contribution in [-0.2, 0) is 9.47 Å². The minimum atomic E-state index is -0.596. The molecule has 10 heteroatoms. The zero-order valence-corrected chi connectivity index (χ0v) is 21.6. The van der Waals surface area contributed by atoms with Gasteiger partial charge in [0.05, 0.1) is 30.4 Å². The topological polar surface area (TPSA) is 98.8 Å². The Bertz CT molecular complexity index is 1610. The molecule has 2 aromatic carbocycles. The van der Waals surface area contributed by atoms with Gasteiger partial charge in [0, 0.05) is 48.6 Å². The van der Waals surface area contributed by atoms with Crippen LogP contribution in [0.2, 0.25) is 0 Å². The molecule has 1 saturated heterocycles. The van der Waals surface area contributed by atoms with Crippen molar-refractivity contribution in [3.05, 3.63) is 67.3 Å². The number of hydrogen-bond donors (Lipinski definition) is 1. The number of nitrogens with zero attached hydrogens (tertiary/aromatic N) is 6. The van der Waals surface area contributed by atoms with Gasteiger partial charge in [-0.3, -0.25) is 4.40 Å². The summed E-state index contributed by atoms with van der Waals surface area (Å²) in [5.74, 6) is 0.673. The number of carbonyl (C=O) groups excluding carboxylic acids is 1. The Hall–Kier alpha value is -4.44. The molecule has 3 aromatic heterocycles. The summed E-state index contributed by atoms with van der Waals surface area (Å²) in [6.45, 7) is 8.79. The van der Waals surface area contributed by atoms with Crippen molar-refractivity contribution in [2.45, 2.75) is 26.4 Å². The first kappa shape index (κ1) is 23.9. The van der Waals surface area contributed by atoms with Crippen molar-refractivity contribution in [1.82, 2.24) is 24.1 Å². The molecule has 10 nitrogen and oxygen atoms in total. The first-order valence-electron chi connectivity index (χ1n) is 12.6. The van der Waals surface area contributed by atoms with Crippen molar-refractivity contribution in [3.63, 3.8) is 0 Å².